The van der Waals surface area contributed by atoms with Crippen LogP contribution in [0.3, 0.4) is 0 Å². The second-order valence-corrected chi connectivity index (χ2v) is 6.37. The standard InChI is InChI=1S/C16H25ClN2O2/c1-5-19(11-16(3,4)10-18)15(20)12(2)21-14-8-6-7-13(17)9-14/h6-9,12H,5,10-11,18H2,1-4H3. The summed E-state index contributed by atoms with van der Waals surface area (Å²) in [6.07, 6.45) is -0.558. The number of amides is 1. The molecule has 1 atom stereocenters. The molecule has 1 aromatic rings. The van der Waals surface area contributed by atoms with Crippen molar-refractivity contribution in [3.05, 3.63) is 29.3 Å². The van der Waals surface area contributed by atoms with Gasteiger partial charge in [-0.1, -0.05) is 31.5 Å². The highest BCUT2D eigenvalue weighted by Crippen LogP contribution is 2.20. The second-order valence-electron chi connectivity index (χ2n) is 5.94. The number of hydrogen-bond donors (Lipinski definition) is 1. The molecule has 1 rings (SSSR count). The van der Waals surface area contributed by atoms with E-state index in [1.165, 1.54) is 0 Å². The molecule has 1 aromatic carbocycles. The maximum absolute atomic E-state index is 12.5. The summed E-state index contributed by atoms with van der Waals surface area (Å²) in [7, 11) is 0. The van der Waals surface area contributed by atoms with Crippen molar-refractivity contribution < 1.29 is 9.53 Å². The number of carbonyl (C=O) groups is 1. The van der Waals surface area contributed by atoms with Crippen LogP contribution in [-0.4, -0.2) is 36.5 Å². The van der Waals surface area contributed by atoms with E-state index >= 15 is 0 Å². The zero-order chi connectivity index (χ0) is 16.0. The first-order valence-corrected chi connectivity index (χ1v) is 7.58. The fourth-order valence-corrected chi connectivity index (χ4v) is 2.16. The molecular weight excluding hydrogens is 288 g/mol. The second kappa shape index (κ2) is 7.66. The minimum Gasteiger partial charge on any atom is -0.481 e. The van der Waals surface area contributed by atoms with Gasteiger partial charge in [0.25, 0.3) is 5.91 Å². The van der Waals surface area contributed by atoms with Crippen LogP contribution in [0.15, 0.2) is 24.3 Å². The summed E-state index contributed by atoms with van der Waals surface area (Å²) in [5.74, 6) is 0.552. The molecule has 5 heteroatoms. The minimum absolute atomic E-state index is 0.0426. The Labute approximate surface area is 132 Å². The van der Waals surface area contributed by atoms with E-state index in [0.717, 1.165) is 0 Å². The van der Waals surface area contributed by atoms with Gasteiger partial charge in [0.2, 0.25) is 0 Å². The van der Waals surface area contributed by atoms with Crippen LogP contribution in [0.4, 0.5) is 0 Å². The average molecular weight is 313 g/mol. The van der Waals surface area contributed by atoms with Crippen LogP contribution in [0.25, 0.3) is 0 Å². The van der Waals surface area contributed by atoms with Crippen molar-refractivity contribution in [1.82, 2.24) is 4.90 Å². The van der Waals surface area contributed by atoms with E-state index in [1.54, 1.807) is 36.1 Å². The first-order valence-electron chi connectivity index (χ1n) is 7.20. The quantitative estimate of drug-likeness (QED) is 0.842. The molecule has 2 N–H and O–H groups in total. The summed E-state index contributed by atoms with van der Waals surface area (Å²) in [5.41, 5.74) is 5.63. The monoisotopic (exact) mass is 312 g/mol. The van der Waals surface area contributed by atoms with Crippen LogP contribution in [0, 0.1) is 5.41 Å². The van der Waals surface area contributed by atoms with Crippen LogP contribution < -0.4 is 10.5 Å². The first kappa shape index (κ1) is 17.8. The Balaban J connectivity index is 2.71. The molecule has 21 heavy (non-hydrogen) atoms. The predicted octanol–water partition coefficient (Wildman–Crippen LogP) is 2.94. The van der Waals surface area contributed by atoms with Crippen molar-refractivity contribution in [2.75, 3.05) is 19.6 Å². The fourth-order valence-electron chi connectivity index (χ4n) is 1.98. The SMILES string of the molecule is CCN(CC(C)(C)CN)C(=O)C(C)Oc1cccc(Cl)c1. The molecule has 0 aliphatic heterocycles. The summed E-state index contributed by atoms with van der Waals surface area (Å²) < 4.78 is 5.68. The Bertz CT molecular complexity index is 477. The molecule has 0 spiro atoms. The Morgan fingerprint density at radius 2 is 2.14 bits per heavy atom. The summed E-state index contributed by atoms with van der Waals surface area (Å²) >= 11 is 5.91. The molecule has 118 valence electrons. The highest BCUT2D eigenvalue weighted by Gasteiger charge is 2.26. The lowest BCUT2D eigenvalue weighted by molar-refractivity contribution is -0.139. The molecule has 0 bridgehead atoms. The number of nitrogens with zero attached hydrogens (tertiary/aromatic N) is 1. The van der Waals surface area contributed by atoms with E-state index in [4.69, 9.17) is 22.1 Å². The fraction of sp³-hybridized carbons (Fsp3) is 0.562. The number of ether oxygens (including phenoxy) is 1. The van der Waals surface area contributed by atoms with Crippen molar-refractivity contribution in [2.24, 2.45) is 11.1 Å². The lowest BCUT2D eigenvalue weighted by atomic mass is 9.93. The van der Waals surface area contributed by atoms with Crippen molar-refractivity contribution in [2.45, 2.75) is 33.8 Å². The van der Waals surface area contributed by atoms with Gasteiger partial charge in [-0.15, -0.1) is 0 Å². The number of benzene rings is 1. The Morgan fingerprint density at radius 3 is 2.67 bits per heavy atom. The molecule has 0 fully saturated rings. The third kappa shape index (κ3) is 5.56. The van der Waals surface area contributed by atoms with Crippen molar-refractivity contribution >= 4 is 17.5 Å². The minimum atomic E-state index is -0.558. The summed E-state index contributed by atoms with van der Waals surface area (Å²) in [5, 5.41) is 0.587. The molecule has 4 nitrogen and oxygen atoms in total. The summed E-state index contributed by atoms with van der Waals surface area (Å²) in [6, 6.07) is 7.05. The molecule has 0 heterocycles. The summed E-state index contributed by atoms with van der Waals surface area (Å²) in [6.45, 7) is 9.57. The third-order valence-corrected chi connectivity index (χ3v) is 3.56. The molecule has 0 aliphatic rings. The smallest absolute Gasteiger partial charge is 0.263 e. The number of carbonyl (C=O) groups excluding carboxylic acids is 1. The van der Waals surface area contributed by atoms with Gasteiger partial charge in [0.15, 0.2) is 6.10 Å². The Hall–Kier alpha value is -1.26. The van der Waals surface area contributed by atoms with E-state index in [0.29, 0.717) is 30.4 Å². The zero-order valence-corrected chi connectivity index (χ0v) is 14.0. The highest BCUT2D eigenvalue weighted by atomic mass is 35.5. The topological polar surface area (TPSA) is 55.6 Å². The molecule has 0 saturated carbocycles. The van der Waals surface area contributed by atoms with Crippen molar-refractivity contribution in [3.63, 3.8) is 0 Å². The van der Waals surface area contributed by atoms with Gasteiger partial charge >= 0.3 is 0 Å². The maximum atomic E-state index is 12.5. The summed E-state index contributed by atoms with van der Waals surface area (Å²) in [4.78, 5) is 14.3. The van der Waals surface area contributed by atoms with Crippen LogP contribution >= 0.6 is 11.6 Å². The van der Waals surface area contributed by atoms with Gasteiger partial charge in [-0.3, -0.25) is 4.79 Å². The number of rotatable bonds is 7. The van der Waals surface area contributed by atoms with Crippen molar-refractivity contribution in [3.8, 4) is 5.75 Å². The van der Waals surface area contributed by atoms with E-state index in [2.05, 4.69) is 0 Å². The molecule has 0 aliphatic carbocycles. The van der Waals surface area contributed by atoms with E-state index in [-0.39, 0.29) is 11.3 Å². The number of hydrogen-bond acceptors (Lipinski definition) is 3. The van der Waals surface area contributed by atoms with E-state index < -0.39 is 6.10 Å². The van der Waals surface area contributed by atoms with E-state index in [9.17, 15) is 4.79 Å². The van der Waals surface area contributed by atoms with Crippen LogP contribution in [-0.2, 0) is 4.79 Å². The van der Waals surface area contributed by atoms with Crippen LogP contribution in [0.1, 0.15) is 27.7 Å². The first-order chi connectivity index (χ1) is 9.79. The molecule has 1 unspecified atom stereocenters. The lowest BCUT2D eigenvalue weighted by Crippen LogP contribution is -2.46. The van der Waals surface area contributed by atoms with Crippen molar-refractivity contribution in [1.29, 1.82) is 0 Å². The van der Waals surface area contributed by atoms with Gasteiger partial charge in [0.05, 0.1) is 0 Å². The Morgan fingerprint density at radius 1 is 1.48 bits per heavy atom. The molecule has 0 radical (unpaired) electrons. The van der Waals surface area contributed by atoms with Gasteiger partial charge in [0.1, 0.15) is 5.75 Å². The molecular formula is C16H25ClN2O2. The molecule has 0 aromatic heterocycles. The van der Waals surface area contributed by atoms with Gasteiger partial charge in [-0.25, -0.2) is 0 Å². The van der Waals surface area contributed by atoms with Gasteiger partial charge in [-0.2, -0.15) is 0 Å². The predicted molar refractivity (Wildman–Crippen MR) is 86.6 cm³/mol. The third-order valence-electron chi connectivity index (χ3n) is 3.32. The average Bonchev–Trinajstić information content (AvgIpc) is 2.44. The number of nitrogens with two attached hydrogens (primary N) is 1. The largest absolute Gasteiger partial charge is 0.481 e. The number of halogens is 1. The normalized spacial score (nSPS) is 12.9. The van der Waals surface area contributed by atoms with Gasteiger partial charge in [-0.05, 0) is 44.0 Å². The molecule has 0 saturated heterocycles. The lowest BCUT2D eigenvalue weighted by Gasteiger charge is -2.32. The zero-order valence-electron chi connectivity index (χ0n) is 13.2. The molecule has 1 amide bonds. The number of likely N-dealkylation sites (N-methyl/N-ethyl adjacent to an activating group) is 1. The Kier molecular flexibility index (Phi) is 6.49. The van der Waals surface area contributed by atoms with Gasteiger partial charge < -0.3 is 15.4 Å². The maximum Gasteiger partial charge on any atom is 0.263 e. The van der Waals surface area contributed by atoms with Crippen LogP contribution in [0.2, 0.25) is 5.02 Å². The van der Waals surface area contributed by atoms with Gasteiger partial charge in [0, 0.05) is 18.1 Å². The highest BCUT2D eigenvalue weighted by molar-refractivity contribution is 6.30. The van der Waals surface area contributed by atoms with Crippen LogP contribution in [0.5, 0.6) is 5.75 Å². The van der Waals surface area contributed by atoms with E-state index in [1.807, 2.05) is 20.8 Å².